The van der Waals surface area contributed by atoms with E-state index in [1.165, 1.54) is 32.7 Å². The van der Waals surface area contributed by atoms with E-state index in [0.717, 1.165) is 33.6 Å². The van der Waals surface area contributed by atoms with Gasteiger partial charge in [0.15, 0.2) is 8.15 Å². The molecule has 0 aliphatic carbocycles. The van der Waals surface area contributed by atoms with Crippen molar-refractivity contribution in [3.63, 3.8) is 0 Å². The Hall–Kier alpha value is -3.65. The first-order valence-corrected chi connectivity index (χ1v) is 13.8. The summed E-state index contributed by atoms with van der Waals surface area (Å²) < 4.78 is 19.1. The van der Waals surface area contributed by atoms with Gasteiger partial charge in [0.05, 0.1) is 20.3 Å². The zero-order valence-electron chi connectivity index (χ0n) is 21.3. The molecule has 37 heavy (non-hydrogen) atoms. The van der Waals surface area contributed by atoms with Gasteiger partial charge in [-0.25, -0.2) is 0 Å². The van der Waals surface area contributed by atoms with Crippen molar-refractivity contribution in [3.05, 3.63) is 119 Å². The molecule has 184 valence electrons. The molecule has 3 nitrogen and oxygen atoms in total. The highest BCUT2D eigenvalue weighted by Gasteiger charge is 2.30. The summed E-state index contributed by atoms with van der Waals surface area (Å²) in [5.41, 5.74) is 7.00. The number of hydrogen-bond donors (Lipinski definition) is 0. The van der Waals surface area contributed by atoms with Crippen molar-refractivity contribution >= 4 is 29.5 Å². The summed E-state index contributed by atoms with van der Waals surface area (Å²) >= 11 is 0. The van der Waals surface area contributed by atoms with Crippen LogP contribution in [0.4, 0.5) is 0 Å². The quantitative estimate of drug-likeness (QED) is 0.223. The number of hydrogen-bond acceptors (Lipinski definition) is 3. The van der Waals surface area contributed by atoms with Gasteiger partial charge in [0.2, 0.25) is 0 Å². The largest absolute Gasteiger partial charge is 0.496 e. The molecule has 0 radical (unpaired) electrons. The summed E-state index contributed by atoms with van der Waals surface area (Å²) in [7, 11) is 0.636. The van der Waals surface area contributed by atoms with Crippen LogP contribution in [0.15, 0.2) is 97.1 Å². The van der Waals surface area contributed by atoms with E-state index >= 15 is 0 Å². The second-order valence-electron chi connectivity index (χ2n) is 9.32. The van der Waals surface area contributed by atoms with Crippen molar-refractivity contribution in [2.75, 3.05) is 7.11 Å². The third kappa shape index (κ3) is 4.19. The Kier molecular flexibility index (Phi) is 6.42. The Morgan fingerprint density at radius 3 is 1.89 bits per heavy atom. The fourth-order valence-electron chi connectivity index (χ4n) is 5.31. The molecule has 4 heteroatoms. The molecular weight excluding hydrogens is 475 g/mol. The van der Waals surface area contributed by atoms with E-state index in [-0.39, 0.29) is 0 Å². The molecule has 5 aromatic carbocycles. The van der Waals surface area contributed by atoms with Crippen LogP contribution in [0.1, 0.15) is 22.3 Å². The highest BCUT2D eigenvalue weighted by molar-refractivity contribution is 7.68. The minimum Gasteiger partial charge on any atom is -0.496 e. The van der Waals surface area contributed by atoms with Crippen LogP contribution in [0.25, 0.3) is 21.9 Å². The van der Waals surface area contributed by atoms with Gasteiger partial charge in [-0.15, -0.1) is 0 Å². The normalized spacial score (nSPS) is 12.6. The van der Waals surface area contributed by atoms with Gasteiger partial charge < -0.3 is 14.0 Å². The van der Waals surface area contributed by atoms with Crippen molar-refractivity contribution in [1.29, 1.82) is 0 Å². The monoisotopic (exact) mass is 504 g/mol. The Morgan fingerprint density at radius 2 is 1.24 bits per heavy atom. The number of methoxy groups -OCH3 is 1. The summed E-state index contributed by atoms with van der Waals surface area (Å²) in [6.07, 6.45) is 0. The maximum atomic E-state index is 7.21. The zero-order chi connectivity index (χ0) is 25.4. The Bertz CT molecular complexity index is 1540. The summed E-state index contributed by atoms with van der Waals surface area (Å²) in [5.74, 6) is 1.75. The van der Waals surface area contributed by atoms with Crippen molar-refractivity contribution in [1.82, 2.24) is 0 Å². The molecule has 0 atom stereocenters. The van der Waals surface area contributed by atoms with Crippen molar-refractivity contribution in [3.8, 4) is 22.6 Å². The third-order valence-corrected chi connectivity index (χ3v) is 9.13. The van der Waals surface area contributed by atoms with E-state index in [9.17, 15) is 0 Å². The smallest absolute Gasteiger partial charge is 0.150 e. The molecular formula is C33H29O3P. The van der Waals surface area contributed by atoms with Gasteiger partial charge in [-0.1, -0.05) is 91.0 Å². The molecule has 5 aromatic rings. The van der Waals surface area contributed by atoms with Gasteiger partial charge in [-0.05, 0) is 52.9 Å². The van der Waals surface area contributed by atoms with Crippen LogP contribution in [-0.2, 0) is 18.0 Å². The molecule has 0 bridgehead atoms. The molecule has 0 spiro atoms. The topological polar surface area (TPSA) is 27.7 Å². The summed E-state index contributed by atoms with van der Waals surface area (Å²) in [6.45, 7) is 5.60. The van der Waals surface area contributed by atoms with Gasteiger partial charge in [-0.3, -0.25) is 0 Å². The predicted octanol–water partition coefficient (Wildman–Crippen LogP) is 7.59. The lowest BCUT2D eigenvalue weighted by Crippen LogP contribution is -2.16. The number of rotatable bonds is 6. The van der Waals surface area contributed by atoms with Crippen LogP contribution >= 0.6 is 8.15 Å². The van der Waals surface area contributed by atoms with Gasteiger partial charge in [0, 0.05) is 21.7 Å². The van der Waals surface area contributed by atoms with E-state index < -0.39 is 8.15 Å². The van der Waals surface area contributed by atoms with Crippen LogP contribution in [-0.4, -0.2) is 7.11 Å². The summed E-state index contributed by atoms with van der Waals surface area (Å²) in [5, 5.41) is 4.67. The van der Waals surface area contributed by atoms with Crippen LogP contribution in [0, 0.1) is 13.8 Å². The SMILES string of the molecule is COc1ccc2ccccc2c1-c1c(C)c2c(c(C)c1OP(c1ccccc1)c1ccccc1)COC2. The van der Waals surface area contributed by atoms with Crippen molar-refractivity contribution in [2.24, 2.45) is 0 Å². The highest BCUT2D eigenvalue weighted by Crippen LogP contribution is 2.51. The third-order valence-electron chi connectivity index (χ3n) is 7.23. The minimum absolute atomic E-state index is 0.611. The molecule has 0 saturated carbocycles. The summed E-state index contributed by atoms with van der Waals surface area (Å²) in [4.78, 5) is 0. The molecule has 1 heterocycles. The second kappa shape index (κ2) is 10.0. The lowest BCUT2D eigenvalue weighted by molar-refractivity contribution is 0.134. The first-order valence-electron chi connectivity index (χ1n) is 12.5. The van der Waals surface area contributed by atoms with Crippen molar-refractivity contribution < 1.29 is 14.0 Å². The maximum Gasteiger partial charge on any atom is 0.150 e. The van der Waals surface area contributed by atoms with E-state index in [4.69, 9.17) is 14.0 Å². The number of benzene rings is 5. The number of ether oxygens (including phenoxy) is 2. The minimum atomic E-state index is -1.11. The van der Waals surface area contributed by atoms with E-state index in [0.29, 0.717) is 13.2 Å². The molecule has 0 saturated heterocycles. The molecule has 0 fully saturated rings. The van der Waals surface area contributed by atoms with Crippen molar-refractivity contribution in [2.45, 2.75) is 27.1 Å². The van der Waals surface area contributed by atoms with E-state index in [2.05, 4.69) is 111 Å². The van der Waals surface area contributed by atoms with Crippen LogP contribution in [0.5, 0.6) is 11.5 Å². The average Bonchev–Trinajstić information content (AvgIpc) is 3.46. The van der Waals surface area contributed by atoms with Gasteiger partial charge in [-0.2, -0.15) is 0 Å². The molecule has 1 aliphatic heterocycles. The molecule has 6 rings (SSSR count). The first kappa shape index (κ1) is 23.7. The van der Waals surface area contributed by atoms with E-state index in [1.54, 1.807) is 7.11 Å². The Morgan fingerprint density at radius 1 is 0.649 bits per heavy atom. The lowest BCUT2D eigenvalue weighted by Gasteiger charge is -2.26. The Labute approximate surface area is 219 Å². The molecule has 0 aromatic heterocycles. The van der Waals surface area contributed by atoms with Gasteiger partial charge >= 0.3 is 0 Å². The van der Waals surface area contributed by atoms with Gasteiger partial charge in [0.1, 0.15) is 11.5 Å². The predicted molar refractivity (Wildman–Crippen MR) is 154 cm³/mol. The Balaban J connectivity index is 1.65. The molecule has 0 N–H and O–H groups in total. The maximum absolute atomic E-state index is 7.21. The highest BCUT2D eigenvalue weighted by atomic mass is 31.1. The average molecular weight is 505 g/mol. The fraction of sp³-hybridized carbons (Fsp3) is 0.152. The standard InChI is InChI=1S/C33H29O3P/c1-22-28-20-35-21-29(28)23(2)33(31(22)32-27-17-11-10-12-24(27)18-19-30(32)34-3)36-37(25-13-6-4-7-14-25)26-15-8-5-9-16-26/h4-19H,20-21H2,1-3H3. The molecule has 0 amide bonds. The summed E-state index contributed by atoms with van der Waals surface area (Å²) in [6, 6.07) is 33.8. The first-order chi connectivity index (χ1) is 18.2. The zero-order valence-corrected chi connectivity index (χ0v) is 22.2. The van der Waals surface area contributed by atoms with Crippen LogP contribution in [0.3, 0.4) is 0 Å². The fourth-order valence-corrected chi connectivity index (χ4v) is 7.12. The van der Waals surface area contributed by atoms with Gasteiger partial charge in [0.25, 0.3) is 0 Å². The van der Waals surface area contributed by atoms with E-state index in [1.807, 2.05) is 0 Å². The number of fused-ring (bicyclic) bond motifs is 2. The van der Waals surface area contributed by atoms with Crippen LogP contribution in [0.2, 0.25) is 0 Å². The lowest BCUT2D eigenvalue weighted by atomic mass is 9.87. The molecule has 0 unspecified atom stereocenters. The molecule has 1 aliphatic rings. The van der Waals surface area contributed by atoms with Crippen LogP contribution < -0.4 is 19.9 Å². The second-order valence-corrected chi connectivity index (χ2v) is 11.1.